The van der Waals surface area contributed by atoms with E-state index in [0.29, 0.717) is 38.3 Å². The second-order valence-electron chi connectivity index (χ2n) is 8.28. The van der Waals surface area contributed by atoms with Gasteiger partial charge in [0.1, 0.15) is 11.6 Å². The summed E-state index contributed by atoms with van der Waals surface area (Å²) in [5.74, 6) is 1.46. The van der Waals surface area contributed by atoms with Gasteiger partial charge in [-0.05, 0) is 43.7 Å². The molecule has 2 heterocycles. The van der Waals surface area contributed by atoms with Crippen LogP contribution in [0.15, 0.2) is 35.1 Å². The number of Topliss-reactive ketones (excluding diaryl/α,β-unsaturated/α-hetero) is 1. The number of aryl methyl sites for hydroxylation is 1. The van der Waals surface area contributed by atoms with E-state index in [-0.39, 0.29) is 23.3 Å². The lowest BCUT2D eigenvalue weighted by molar-refractivity contribution is -0.136. The predicted molar refractivity (Wildman–Crippen MR) is 109 cm³/mol. The molecule has 0 unspecified atom stereocenters. The standard InChI is InChI=1S/C22H28N4O3/c1-24-22(29)26(18-7-3-2-4-8-18)20(23-24)14-16-10-12-25(13-11-16)21(28)15-17-6-5-9-19(17)27/h2-4,7-8,16-17H,5-6,9-15H2,1H3/t17-/m1/s1. The Balaban J connectivity index is 1.38. The molecule has 1 aromatic carbocycles. The normalized spacial score (nSPS) is 20.4. The van der Waals surface area contributed by atoms with E-state index in [0.717, 1.165) is 37.2 Å². The number of amides is 1. The molecular formula is C22H28N4O3. The van der Waals surface area contributed by atoms with E-state index in [1.807, 2.05) is 35.2 Å². The molecule has 1 saturated heterocycles. The minimum absolute atomic E-state index is 0.0611. The number of likely N-dealkylation sites (tertiary alicyclic amines) is 1. The molecule has 1 aromatic heterocycles. The predicted octanol–water partition coefficient (Wildman–Crippen LogP) is 2.11. The van der Waals surface area contributed by atoms with Gasteiger partial charge in [-0.2, -0.15) is 5.10 Å². The summed E-state index contributed by atoms with van der Waals surface area (Å²) in [5.41, 5.74) is 0.689. The first-order valence-electron chi connectivity index (χ1n) is 10.5. The number of carbonyl (C=O) groups excluding carboxylic acids is 2. The molecule has 7 heteroatoms. The zero-order chi connectivity index (χ0) is 20.4. The van der Waals surface area contributed by atoms with Crippen molar-refractivity contribution >= 4 is 11.7 Å². The molecule has 0 N–H and O–H groups in total. The van der Waals surface area contributed by atoms with Crippen molar-refractivity contribution in [1.29, 1.82) is 0 Å². The second-order valence-corrected chi connectivity index (χ2v) is 8.28. The fourth-order valence-corrected chi connectivity index (χ4v) is 4.57. The second kappa shape index (κ2) is 8.35. The van der Waals surface area contributed by atoms with Gasteiger partial charge in [-0.25, -0.2) is 14.0 Å². The Hall–Kier alpha value is -2.70. The largest absolute Gasteiger partial charge is 0.350 e. The summed E-state index contributed by atoms with van der Waals surface area (Å²) in [4.78, 5) is 38.8. The van der Waals surface area contributed by atoms with Crippen molar-refractivity contribution in [1.82, 2.24) is 19.2 Å². The van der Waals surface area contributed by atoms with Crippen LogP contribution in [0.25, 0.3) is 5.69 Å². The zero-order valence-electron chi connectivity index (χ0n) is 16.9. The first kappa shape index (κ1) is 19.6. The quantitative estimate of drug-likeness (QED) is 0.776. The number of benzene rings is 1. The number of rotatable bonds is 5. The summed E-state index contributed by atoms with van der Waals surface area (Å²) in [6.45, 7) is 1.43. The van der Waals surface area contributed by atoms with Gasteiger partial charge >= 0.3 is 5.69 Å². The van der Waals surface area contributed by atoms with Crippen LogP contribution in [0, 0.1) is 11.8 Å². The van der Waals surface area contributed by atoms with Crippen LogP contribution in [0.5, 0.6) is 0 Å². The molecule has 1 saturated carbocycles. The maximum absolute atomic E-state index is 12.6. The summed E-state index contributed by atoms with van der Waals surface area (Å²) >= 11 is 0. The number of aromatic nitrogens is 3. The lowest BCUT2D eigenvalue weighted by Gasteiger charge is -2.32. The maximum atomic E-state index is 12.6. The first-order chi connectivity index (χ1) is 14.0. The van der Waals surface area contributed by atoms with Crippen molar-refractivity contribution in [2.24, 2.45) is 18.9 Å². The molecule has 2 aromatic rings. The monoisotopic (exact) mass is 396 g/mol. The fourth-order valence-electron chi connectivity index (χ4n) is 4.57. The number of para-hydroxylation sites is 1. The Bertz CT molecular complexity index is 939. The Morgan fingerprint density at radius 2 is 1.83 bits per heavy atom. The Morgan fingerprint density at radius 1 is 1.10 bits per heavy atom. The third-order valence-corrected chi connectivity index (χ3v) is 6.30. The van der Waals surface area contributed by atoms with Gasteiger partial charge in [-0.3, -0.25) is 9.59 Å². The SMILES string of the molecule is Cn1nc(CC2CCN(C(=O)C[C@H]3CCCC3=O)CC2)n(-c2ccccc2)c1=O. The van der Waals surface area contributed by atoms with E-state index >= 15 is 0 Å². The fraction of sp³-hybridized carbons (Fsp3) is 0.545. The molecule has 1 aliphatic heterocycles. The summed E-state index contributed by atoms with van der Waals surface area (Å²) < 4.78 is 3.07. The number of nitrogens with zero attached hydrogens (tertiary/aromatic N) is 4. The van der Waals surface area contributed by atoms with E-state index in [4.69, 9.17) is 0 Å². The van der Waals surface area contributed by atoms with Crippen LogP contribution in [-0.4, -0.2) is 44.0 Å². The average molecular weight is 396 g/mol. The Labute approximate surface area is 170 Å². The Morgan fingerprint density at radius 3 is 2.48 bits per heavy atom. The molecular weight excluding hydrogens is 368 g/mol. The summed E-state index contributed by atoms with van der Waals surface area (Å²) in [6.07, 6.45) is 5.29. The minimum Gasteiger partial charge on any atom is -0.343 e. The molecule has 0 bridgehead atoms. The third kappa shape index (κ3) is 4.18. The molecule has 7 nitrogen and oxygen atoms in total. The van der Waals surface area contributed by atoms with Gasteiger partial charge in [0.2, 0.25) is 5.91 Å². The average Bonchev–Trinajstić information content (AvgIpc) is 3.25. The van der Waals surface area contributed by atoms with Crippen molar-refractivity contribution in [3.8, 4) is 5.69 Å². The van der Waals surface area contributed by atoms with Crippen LogP contribution in [0.4, 0.5) is 0 Å². The highest BCUT2D eigenvalue weighted by atomic mass is 16.2. The highest BCUT2D eigenvalue weighted by Gasteiger charge is 2.30. The molecule has 0 radical (unpaired) electrons. The van der Waals surface area contributed by atoms with E-state index in [2.05, 4.69) is 5.10 Å². The third-order valence-electron chi connectivity index (χ3n) is 6.30. The van der Waals surface area contributed by atoms with Crippen LogP contribution < -0.4 is 5.69 Å². The van der Waals surface area contributed by atoms with Gasteiger partial charge in [-0.15, -0.1) is 0 Å². The molecule has 1 aliphatic carbocycles. The summed E-state index contributed by atoms with van der Waals surface area (Å²) in [5, 5.41) is 4.46. The molecule has 29 heavy (non-hydrogen) atoms. The van der Waals surface area contributed by atoms with Gasteiger partial charge in [0.15, 0.2) is 0 Å². The maximum Gasteiger partial charge on any atom is 0.350 e. The molecule has 4 rings (SSSR count). The van der Waals surface area contributed by atoms with Crippen LogP contribution in [0.3, 0.4) is 0 Å². The molecule has 2 aliphatic rings. The van der Waals surface area contributed by atoms with Gasteiger partial charge < -0.3 is 4.90 Å². The number of carbonyl (C=O) groups is 2. The lowest BCUT2D eigenvalue weighted by atomic mass is 9.92. The highest BCUT2D eigenvalue weighted by Crippen LogP contribution is 2.27. The number of hydrogen-bond donors (Lipinski definition) is 0. The molecule has 154 valence electrons. The van der Waals surface area contributed by atoms with Crippen LogP contribution >= 0.6 is 0 Å². The number of piperidine rings is 1. The van der Waals surface area contributed by atoms with Crippen molar-refractivity contribution < 1.29 is 9.59 Å². The van der Waals surface area contributed by atoms with Crippen LogP contribution in [0.2, 0.25) is 0 Å². The van der Waals surface area contributed by atoms with Crippen molar-refractivity contribution in [2.75, 3.05) is 13.1 Å². The van der Waals surface area contributed by atoms with Crippen LogP contribution in [0.1, 0.15) is 44.3 Å². The molecule has 1 amide bonds. The minimum atomic E-state index is -0.139. The molecule has 1 atom stereocenters. The van der Waals surface area contributed by atoms with E-state index in [1.165, 1.54) is 4.68 Å². The number of ketones is 1. The molecule has 0 spiro atoms. The van der Waals surface area contributed by atoms with E-state index in [9.17, 15) is 14.4 Å². The van der Waals surface area contributed by atoms with E-state index in [1.54, 1.807) is 11.6 Å². The van der Waals surface area contributed by atoms with Crippen molar-refractivity contribution in [3.63, 3.8) is 0 Å². The van der Waals surface area contributed by atoms with Crippen molar-refractivity contribution in [2.45, 2.75) is 44.9 Å². The van der Waals surface area contributed by atoms with Gasteiger partial charge in [-0.1, -0.05) is 18.2 Å². The first-order valence-corrected chi connectivity index (χ1v) is 10.5. The zero-order valence-corrected chi connectivity index (χ0v) is 16.9. The van der Waals surface area contributed by atoms with Gasteiger partial charge in [0.05, 0.1) is 5.69 Å². The van der Waals surface area contributed by atoms with Gasteiger partial charge in [0, 0.05) is 45.3 Å². The van der Waals surface area contributed by atoms with Crippen LogP contribution in [-0.2, 0) is 23.1 Å². The highest BCUT2D eigenvalue weighted by molar-refractivity contribution is 5.88. The Kier molecular flexibility index (Phi) is 5.65. The lowest BCUT2D eigenvalue weighted by Crippen LogP contribution is -2.40. The topological polar surface area (TPSA) is 77.2 Å². The van der Waals surface area contributed by atoms with Crippen molar-refractivity contribution in [3.05, 3.63) is 46.6 Å². The number of hydrogen-bond acceptors (Lipinski definition) is 4. The molecule has 2 fully saturated rings. The smallest absolute Gasteiger partial charge is 0.343 e. The van der Waals surface area contributed by atoms with Gasteiger partial charge in [0.25, 0.3) is 0 Å². The van der Waals surface area contributed by atoms with E-state index < -0.39 is 0 Å². The summed E-state index contributed by atoms with van der Waals surface area (Å²) in [7, 11) is 1.68. The summed E-state index contributed by atoms with van der Waals surface area (Å²) in [6, 6.07) is 9.59.